The van der Waals surface area contributed by atoms with Crippen molar-refractivity contribution < 1.29 is 0 Å². The topological polar surface area (TPSA) is 63.8 Å². The van der Waals surface area contributed by atoms with Crippen molar-refractivity contribution in [3.05, 3.63) is 42.2 Å². The molecule has 18 heavy (non-hydrogen) atoms. The first-order valence-corrected chi connectivity index (χ1v) is 5.90. The molecule has 0 saturated heterocycles. The number of hydrogen-bond acceptors (Lipinski definition) is 4. The van der Waals surface area contributed by atoms with Gasteiger partial charge in [0.1, 0.15) is 0 Å². The summed E-state index contributed by atoms with van der Waals surface area (Å²) in [5, 5.41) is 3.12. The summed E-state index contributed by atoms with van der Waals surface area (Å²) < 4.78 is 0. The molecule has 0 radical (unpaired) electrons. The molecule has 0 bridgehead atoms. The predicted octanol–water partition coefficient (Wildman–Crippen LogP) is 3.10. The minimum atomic E-state index is 0.0652. The third-order valence-electron chi connectivity index (χ3n) is 2.66. The van der Waals surface area contributed by atoms with Crippen LogP contribution in [0, 0.1) is 0 Å². The van der Waals surface area contributed by atoms with Crippen molar-refractivity contribution in [3.8, 4) is 0 Å². The molecule has 0 atom stereocenters. The SMILES string of the molecule is CC(C)(C)c1cnc(Nc2cccc(N)c2)nc1. The lowest BCUT2D eigenvalue weighted by atomic mass is 9.89. The standard InChI is InChI=1S/C14H18N4/c1-14(2,3)10-8-16-13(17-9-10)18-12-6-4-5-11(15)7-12/h4-9H,15H2,1-3H3,(H,16,17,18). The van der Waals surface area contributed by atoms with Gasteiger partial charge in [-0.1, -0.05) is 26.8 Å². The van der Waals surface area contributed by atoms with Gasteiger partial charge in [0.15, 0.2) is 0 Å². The van der Waals surface area contributed by atoms with Crippen LogP contribution in [-0.4, -0.2) is 9.97 Å². The molecule has 1 aromatic heterocycles. The van der Waals surface area contributed by atoms with Crippen LogP contribution in [0.5, 0.6) is 0 Å². The molecule has 4 nitrogen and oxygen atoms in total. The van der Waals surface area contributed by atoms with Crippen LogP contribution >= 0.6 is 0 Å². The smallest absolute Gasteiger partial charge is 0.227 e. The lowest BCUT2D eigenvalue weighted by Crippen LogP contribution is -2.12. The highest BCUT2D eigenvalue weighted by atomic mass is 15.1. The second kappa shape index (κ2) is 4.64. The van der Waals surface area contributed by atoms with E-state index >= 15 is 0 Å². The average molecular weight is 242 g/mol. The minimum Gasteiger partial charge on any atom is -0.399 e. The fraction of sp³-hybridized carbons (Fsp3) is 0.286. The zero-order valence-corrected chi connectivity index (χ0v) is 10.9. The molecule has 0 aliphatic carbocycles. The van der Waals surface area contributed by atoms with Crippen molar-refractivity contribution in [1.82, 2.24) is 9.97 Å². The Morgan fingerprint density at radius 1 is 1.11 bits per heavy atom. The lowest BCUT2D eigenvalue weighted by molar-refractivity contribution is 0.584. The number of hydrogen-bond donors (Lipinski definition) is 2. The lowest BCUT2D eigenvalue weighted by Gasteiger charge is -2.17. The summed E-state index contributed by atoms with van der Waals surface area (Å²) in [4.78, 5) is 8.61. The Balaban J connectivity index is 2.16. The number of rotatable bonds is 2. The molecule has 94 valence electrons. The van der Waals surface area contributed by atoms with E-state index in [2.05, 4.69) is 36.1 Å². The number of nitrogens with two attached hydrogens (primary N) is 1. The average Bonchev–Trinajstić information content (AvgIpc) is 2.28. The van der Waals surface area contributed by atoms with Gasteiger partial charge < -0.3 is 11.1 Å². The summed E-state index contributed by atoms with van der Waals surface area (Å²) >= 11 is 0. The third kappa shape index (κ3) is 2.97. The molecular formula is C14H18N4. The van der Waals surface area contributed by atoms with E-state index < -0.39 is 0 Å². The second-order valence-corrected chi connectivity index (χ2v) is 5.30. The summed E-state index contributed by atoms with van der Waals surface area (Å²) in [5.74, 6) is 0.577. The van der Waals surface area contributed by atoms with Gasteiger partial charge in [-0.2, -0.15) is 0 Å². The predicted molar refractivity (Wildman–Crippen MR) is 74.9 cm³/mol. The molecule has 3 N–H and O–H groups in total. The molecular weight excluding hydrogens is 224 g/mol. The first kappa shape index (κ1) is 12.4. The molecule has 4 heteroatoms. The van der Waals surface area contributed by atoms with Crippen molar-refractivity contribution in [2.24, 2.45) is 0 Å². The third-order valence-corrected chi connectivity index (χ3v) is 2.66. The van der Waals surface area contributed by atoms with Crippen molar-refractivity contribution in [2.75, 3.05) is 11.1 Å². The van der Waals surface area contributed by atoms with E-state index in [9.17, 15) is 0 Å². The summed E-state index contributed by atoms with van der Waals surface area (Å²) in [7, 11) is 0. The summed E-state index contributed by atoms with van der Waals surface area (Å²) in [6, 6.07) is 7.51. The highest BCUT2D eigenvalue weighted by Crippen LogP contribution is 2.21. The van der Waals surface area contributed by atoms with Gasteiger partial charge in [0.2, 0.25) is 5.95 Å². The molecule has 0 fully saturated rings. The molecule has 2 aromatic rings. The maximum atomic E-state index is 5.71. The van der Waals surface area contributed by atoms with Gasteiger partial charge in [0.25, 0.3) is 0 Å². The number of aromatic nitrogens is 2. The van der Waals surface area contributed by atoms with Crippen LogP contribution in [0.2, 0.25) is 0 Å². The maximum absolute atomic E-state index is 5.71. The van der Waals surface area contributed by atoms with E-state index in [0.717, 1.165) is 11.3 Å². The van der Waals surface area contributed by atoms with E-state index in [4.69, 9.17) is 5.73 Å². The fourth-order valence-electron chi connectivity index (χ4n) is 1.53. The van der Waals surface area contributed by atoms with Crippen LogP contribution in [0.4, 0.5) is 17.3 Å². The normalized spacial score (nSPS) is 11.3. The van der Waals surface area contributed by atoms with Crippen LogP contribution in [0.25, 0.3) is 0 Å². The van der Waals surface area contributed by atoms with Gasteiger partial charge in [-0.3, -0.25) is 0 Å². The van der Waals surface area contributed by atoms with Gasteiger partial charge in [-0.05, 0) is 29.2 Å². The Hall–Kier alpha value is -2.10. The van der Waals surface area contributed by atoms with Crippen LogP contribution in [0.1, 0.15) is 26.3 Å². The van der Waals surface area contributed by atoms with Crippen LogP contribution in [0.3, 0.4) is 0 Å². The van der Waals surface area contributed by atoms with Gasteiger partial charge in [-0.15, -0.1) is 0 Å². The van der Waals surface area contributed by atoms with Crippen LogP contribution in [0.15, 0.2) is 36.7 Å². The number of benzene rings is 1. The minimum absolute atomic E-state index is 0.0652. The van der Waals surface area contributed by atoms with Gasteiger partial charge in [-0.25, -0.2) is 9.97 Å². The van der Waals surface area contributed by atoms with E-state index in [-0.39, 0.29) is 5.41 Å². The zero-order chi connectivity index (χ0) is 13.2. The van der Waals surface area contributed by atoms with Crippen LogP contribution in [-0.2, 0) is 5.41 Å². The second-order valence-electron chi connectivity index (χ2n) is 5.30. The number of nitrogen functional groups attached to an aromatic ring is 1. The molecule has 0 unspecified atom stereocenters. The van der Waals surface area contributed by atoms with Crippen molar-refractivity contribution in [3.63, 3.8) is 0 Å². The van der Waals surface area contributed by atoms with Crippen LogP contribution < -0.4 is 11.1 Å². The van der Waals surface area contributed by atoms with Gasteiger partial charge in [0, 0.05) is 23.8 Å². The molecule has 0 amide bonds. The Morgan fingerprint density at radius 2 is 1.78 bits per heavy atom. The molecule has 0 saturated carbocycles. The van der Waals surface area contributed by atoms with Gasteiger partial charge in [0.05, 0.1) is 0 Å². The summed E-state index contributed by atoms with van der Waals surface area (Å²) in [6.07, 6.45) is 3.70. The Bertz CT molecular complexity index is 526. The first-order valence-electron chi connectivity index (χ1n) is 5.90. The Labute approximate surface area is 107 Å². The van der Waals surface area contributed by atoms with E-state index in [1.165, 1.54) is 0 Å². The molecule has 0 aliphatic rings. The van der Waals surface area contributed by atoms with Gasteiger partial charge >= 0.3 is 0 Å². The number of nitrogens with zero attached hydrogens (tertiary/aromatic N) is 2. The maximum Gasteiger partial charge on any atom is 0.227 e. The Morgan fingerprint density at radius 3 is 2.33 bits per heavy atom. The molecule has 2 rings (SSSR count). The highest BCUT2D eigenvalue weighted by Gasteiger charge is 2.14. The Kier molecular flexibility index (Phi) is 3.19. The quantitative estimate of drug-likeness (QED) is 0.794. The van der Waals surface area contributed by atoms with Crippen molar-refractivity contribution in [1.29, 1.82) is 0 Å². The van der Waals surface area contributed by atoms with E-state index in [1.54, 1.807) is 0 Å². The number of anilines is 3. The summed E-state index contributed by atoms with van der Waals surface area (Å²) in [6.45, 7) is 6.41. The van der Waals surface area contributed by atoms with E-state index in [1.807, 2.05) is 36.7 Å². The zero-order valence-electron chi connectivity index (χ0n) is 10.9. The summed E-state index contributed by atoms with van der Waals surface area (Å²) in [5.41, 5.74) is 8.49. The largest absolute Gasteiger partial charge is 0.399 e. The molecule has 0 aliphatic heterocycles. The monoisotopic (exact) mass is 242 g/mol. The van der Waals surface area contributed by atoms with Crippen molar-refractivity contribution >= 4 is 17.3 Å². The first-order chi connectivity index (χ1) is 8.45. The molecule has 0 spiro atoms. The molecule has 1 aromatic carbocycles. The number of nitrogens with one attached hydrogen (secondary N) is 1. The van der Waals surface area contributed by atoms with E-state index in [0.29, 0.717) is 11.6 Å². The van der Waals surface area contributed by atoms with Crippen molar-refractivity contribution in [2.45, 2.75) is 26.2 Å². The fourth-order valence-corrected chi connectivity index (χ4v) is 1.53. The molecule has 1 heterocycles. The highest BCUT2D eigenvalue weighted by molar-refractivity contribution is 5.59.